The Morgan fingerprint density at radius 1 is 1.21 bits per heavy atom. The number of carbonyl (C=O) groups is 2. The number of carbonyl (C=O) groups excluding carboxylic acids is 2. The first kappa shape index (κ1) is 20.8. The van der Waals surface area contributed by atoms with Gasteiger partial charge in [0.25, 0.3) is 0 Å². The fourth-order valence-electron chi connectivity index (χ4n) is 3.18. The molecule has 0 spiro atoms. The van der Waals surface area contributed by atoms with E-state index < -0.39 is 5.25 Å². The molecular weight excluding hydrogens is 454 g/mol. The molecule has 1 aromatic heterocycles. The van der Waals surface area contributed by atoms with Gasteiger partial charge < -0.3 is 5.73 Å². The summed E-state index contributed by atoms with van der Waals surface area (Å²) in [6.45, 7) is 3.70. The molecule has 146 valence electrons. The van der Waals surface area contributed by atoms with Crippen LogP contribution in [0.5, 0.6) is 0 Å². The van der Waals surface area contributed by atoms with Crippen molar-refractivity contribution in [1.82, 2.24) is 4.98 Å². The van der Waals surface area contributed by atoms with E-state index in [1.165, 1.54) is 0 Å². The van der Waals surface area contributed by atoms with E-state index in [1.807, 2.05) is 19.9 Å². The van der Waals surface area contributed by atoms with Crippen molar-refractivity contribution in [2.45, 2.75) is 36.5 Å². The SMILES string of the molecule is CC(C)c1c(C#N)c(N)nc(SC2CC(=O)N(c3ccc(Br)cc3)C2=O)c1C#N. The van der Waals surface area contributed by atoms with E-state index in [1.54, 1.807) is 24.3 Å². The van der Waals surface area contributed by atoms with Crippen LogP contribution in [0.15, 0.2) is 33.8 Å². The van der Waals surface area contributed by atoms with Gasteiger partial charge in [-0.15, -0.1) is 0 Å². The van der Waals surface area contributed by atoms with Gasteiger partial charge in [-0.05, 0) is 35.7 Å². The number of imide groups is 1. The maximum atomic E-state index is 12.9. The largest absolute Gasteiger partial charge is 0.383 e. The highest BCUT2D eigenvalue weighted by atomic mass is 79.9. The number of amides is 2. The number of nitrogen functional groups attached to an aromatic ring is 1. The van der Waals surface area contributed by atoms with Crippen molar-refractivity contribution >= 4 is 51.0 Å². The fourth-order valence-corrected chi connectivity index (χ4v) is 4.57. The molecule has 3 rings (SSSR count). The van der Waals surface area contributed by atoms with Crippen LogP contribution in [0.25, 0.3) is 0 Å². The van der Waals surface area contributed by atoms with Crippen molar-refractivity contribution in [3.8, 4) is 12.1 Å². The summed E-state index contributed by atoms with van der Waals surface area (Å²) in [7, 11) is 0. The lowest BCUT2D eigenvalue weighted by Gasteiger charge is -2.17. The number of hydrogen-bond acceptors (Lipinski definition) is 7. The Morgan fingerprint density at radius 2 is 1.83 bits per heavy atom. The topological polar surface area (TPSA) is 124 Å². The Balaban J connectivity index is 1.98. The van der Waals surface area contributed by atoms with E-state index >= 15 is 0 Å². The Kier molecular flexibility index (Phi) is 5.92. The minimum Gasteiger partial charge on any atom is -0.383 e. The highest BCUT2D eigenvalue weighted by Crippen LogP contribution is 2.38. The average Bonchev–Trinajstić information content (AvgIpc) is 2.95. The molecule has 29 heavy (non-hydrogen) atoms. The number of aromatic nitrogens is 1. The molecule has 1 unspecified atom stereocenters. The molecule has 0 radical (unpaired) electrons. The number of nitriles is 2. The normalized spacial score (nSPS) is 16.2. The molecule has 1 aromatic carbocycles. The standard InChI is InChI=1S/C20H16BrN5O2S/c1-10(2)17-13(8-22)18(24)25-19(14(17)9-23)29-15-7-16(27)26(20(15)28)12-5-3-11(21)4-6-12/h3-6,10,15H,7H2,1-2H3,(H2,24,25). The zero-order valence-electron chi connectivity index (χ0n) is 15.6. The molecule has 7 nitrogen and oxygen atoms in total. The van der Waals surface area contributed by atoms with Crippen LogP contribution in [-0.4, -0.2) is 22.0 Å². The molecule has 1 fully saturated rings. The molecule has 2 amide bonds. The molecule has 2 aromatic rings. The van der Waals surface area contributed by atoms with E-state index in [2.05, 4.69) is 27.0 Å². The summed E-state index contributed by atoms with van der Waals surface area (Å²) < 4.78 is 0.836. The van der Waals surface area contributed by atoms with Gasteiger partial charge in [-0.3, -0.25) is 9.59 Å². The van der Waals surface area contributed by atoms with Crippen LogP contribution in [0.3, 0.4) is 0 Å². The number of benzene rings is 1. The number of thioether (sulfide) groups is 1. The third-order valence-corrected chi connectivity index (χ3v) is 6.18. The zero-order valence-corrected chi connectivity index (χ0v) is 18.0. The average molecular weight is 470 g/mol. The lowest BCUT2D eigenvalue weighted by atomic mass is 9.94. The smallest absolute Gasteiger partial charge is 0.247 e. The van der Waals surface area contributed by atoms with Crippen molar-refractivity contribution in [3.05, 3.63) is 45.4 Å². The first-order chi connectivity index (χ1) is 13.8. The number of nitrogens with two attached hydrogens (primary N) is 1. The number of pyridine rings is 1. The van der Waals surface area contributed by atoms with Crippen molar-refractivity contribution in [3.63, 3.8) is 0 Å². The third-order valence-electron chi connectivity index (χ3n) is 4.48. The summed E-state index contributed by atoms with van der Waals surface area (Å²) in [5, 5.41) is 18.6. The first-order valence-corrected chi connectivity index (χ1v) is 10.4. The highest BCUT2D eigenvalue weighted by Gasteiger charge is 2.41. The molecular formula is C20H16BrN5O2S. The summed E-state index contributed by atoms with van der Waals surface area (Å²) in [6.07, 6.45) is -0.0109. The molecule has 1 aliphatic rings. The van der Waals surface area contributed by atoms with Gasteiger partial charge in [0.2, 0.25) is 11.8 Å². The van der Waals surface area contributed by atoms with Gasteiger partial charge in [-0.1, -0.05) is 41.5 Å². The second-order valence-corrected chi connectivity index (χ2v) is 8.81. The van der Waals surface area contributed by atoms with E-state index in [0.29, 0.717) is 11.3 Å². The molecule has 1 atom stereocenters. The summed E-state index contributed by atoms with van der Waals surface area (Å²) in [4.78, 5) is 30.7. The van der Waals surface area contributed by atoms with Crippen molar-refractivity contribution in [2.75, 3.05) is 10.6 Å². The predicted molar refractivity (Wildman–Crippen MR) is 113 cm³/mol. The Labute approximate surface area is 180 Å². The number of anilines is 2. The number of nitrogens with zero attached hydrogens (tertiary/aromatic N) is 4. The van der Waals surface area contributed by atoms with Crippen molar-refractivity contribution in [2.24, 2.45) is 0 Å². The molecule has 0 aliphatic carbocycles. The van der Waals surface area contributed by atoms with Crippen LogP contribution in [-0.2, 0) is 9.59 Å². The molecule has 0 saturated carbocycles. The van der Waals surface area contributed by atoms with Crippen molar-refractivity contribution < 1.29 is 9.59 Å². The predicted octanol–water partition coefficient (Wildman–Crippen LogP) is 3.72. The van der Waals surface area contributed by atoms with Crippen LogP contribution < -0.4 is 10.6 Å². The Morgan fingerprint density at radius 3 is 2.38 bits per heavy atom. The lowest BCUT2D eigenvalue weighted by molar-refractivity contribution is -0.121. The molecule has 2 heterocycles. The van der Waals surface area contributed by atoms with Gasteiger partial charge in [0.05, 0.1) is 22.1 Å². The second kappa shape index (κ2) is 8.24. The lowest BCUT2D eigenvalue weighted by Crippen LogP contribution is -2.31. The number of rotatable bonds is 4. The van der Waals surface area contributed by atoms with Gasteiger partial charge in [-0.2, -0.15) is 10.5 Å². The van der Waals surface area contributed by atoms with E-state index in [4.69, 9.17) is 5.73 Å². The maximum absolute atomic E-state index is 12.9. The van der Waals surface area contributed by atoms with Gasteiger partial charge in [0, 0.05) is 10.9 Å². The zero-order chi connectivity index (χ0) is 21.3. The van der Waals surface area contributed by atoms with Crippen LogP contribution >= 0.6 is 27.7 Å². The first-order valence-electron chi connectivity index (χ1n) is 8.71. The quantitative estimate of drug-likeness (QED) is 0.676. The highest BCUT2D eigenvalue weighted by molar-refractivity contribution is 9.10. The van der Waals surface area contributed by atoms with Crippen LogP contribution in [0.2, 0.25) is 0 Å². The minimum atomic E-state index is -0.724. The molecule has 9 heteroatoms. The van der Waals surface area contributed by atoms with Crippen LogP contribution in [0, 0.1) is 22.7 Å². The second-order valence-electron chi connectivity index (χ2n) is 6.70. The maximum Gasteiger partial charge on any atom is 0.247 e. The third kappa shape index (κ3) is 3.84. The summed E-state index contributed by atoms with van der Waals surface area (Å²) in [5.74, 6) is -0.815. The Hall–Kier alpha value is -2.88. The van der Waals surface area contributed by atoms with Gasteiger partial charge >= 0.3 is 0 Å². The summed E-state index contributed by atoms with van der Waals surface area (Å²) in [6, 6.07) is 11.0. The van der Waals surface area contributed by atoms with Gasteiger partial charge in [0.15, 0.2) is 0 Å². The summed E-state index contributed by atoms with van der Waals surface area (Å²) >= 11 is 4.36. The van der Waals surface area contributed by atoms with Gasteiger partial charge in [0.1, 0.15) is 23.0 Å². The molecule has 2 N–H and O–H groups in total. The molecule has 0 bridgehead atoms. The molecule has 1 saturated heterocycles. The number of halogens is 1. The van der Waals surface area contributed by atoms with E-state index in [0.717, 1.165) is 21.1 Å². The van der Waals surface area contributed by atoms with Crippen LogP contribution in [0.1, 0.15) is 42.9 Å². The van der Waals surface area contributed by atoms with Crippen LogP contribution in [0.4, 0.5) is 11.5 Å². The Bertz CT molecular complexity index is 1090. The summed E-state index contributed by atoms with van der Waals surface area (Å²) in [5.41, 5.74) is 7.33. The fraction of sp³-hybridized carbons (Fsp3) is 0.250. The van der Waals surface area contributed by atoms with E-state index in [9.17, 15) is 20.1 Å². The van der Waals surface area contributed by atoms with Crippen molar-refractivity contribution in [1.29, 1.82) is 10.5 Å². The van der Waals surface area contributed by atoms with E-state index in [-0.39, 0.29) is 46.1 Å². The molecule has 1 aliphatic heterocycles. The van der Waals surface area contributed by atoms with Gasteiger partial charge in [-0.25, -0.2) is 9.88 Å². The number of hydrogen-bond donors (Lipinski definition) is 1. The minimum absolute atomic E-state index is 0.0109. The monoisotopic (exact) mass is 469 g/mol.